The molecular formula is C19H20. The van der Waals surface area contributed by atoms with Crippen molar-refractivity contribution in [2.24, 2.45) is 5.92 Å². The number of fused-ring (bicyclic) bond motifs is 3. The van der Waals surface area contributed by atoms with Crippen LogP contribution in [0.3, 0.4) is 0 Å². The summed E-state index contributed by atoms with van der Waals surface area (Å²) in [6.07, 6.45) is 4.23. The summed E-state index contributed by atoms with van der Waals surface area (Å²) in [5, 5.41) is 0. The Hall–Kier alpha value is -1.82. The van der Waals surface area contributed by atoms with Crippen molar-refractivity contribution in [3.05, 3.63) is 65.2 Å². The van der Waals surface area contributed by atoms with E-state index in [0.717, 1.165) is 12.8 Å². The first kappa shape index (κ1) is 12.2. The van der Waals surface area contributed by atoms with Crippen LogP contribution in [0.15, 0.2) is 43.0 Å². The third-order valence-electron chi connectivity index (χ3n) is 3.95. The number of rotatable bonds is 3. The van der Waals surface area contributed by atoms with Crippen molar-refractivity contribution in [1.82, 2.24) is 0 Å². The molecule has 0 unspecified atom stereocenters. The van der Waals surface area contributed by atoms with E-state index in [1.165, 1.54) is 33.4 Å². The van der Waals surface area contributed by atoms with E-state index in [1.807, 2.05) is 6.08 Å². The van der Waals surface area contributed by atoms with Gasteiger partial charge in [0.05, 0.1) is 0 Å². The predicted molar refractivity (Wildman–Crippen MR) is 83.3 cm³/mol. The predicted octanol–water partition coefficient (Wildman–Crippen LogP) is 5.10. The van der Waals surface area contributed by atoms with Crippen LogP contribution in [0, 0.1) is 5.92 Å². The molecule has 0 radical (unpaired) electrons. The van der Waals surface area contributed by atoms with Crippen molar-refractivity contribution in [2.75, 3.05) is 0 Å². The van der Waals surface area contributed by atoms with E-state index in [-0.39, 0.29) is 0 Å². The summed E-state index contributed by atoms with van der Waals surface area (Å²) in [4.78, 5) is 0. The molecule has 2 aromatic rings. The van der Waals surface area contributed by atoms with Gasteiger partial charge in [0, 0.05) is 0 Å². The topological polar surface area (TPSA) is 0 Å². The maximum Gasteiger partial charge on any atom is -0.000741 e. The lowest BCUT2D eigenvalue weighted by Gasteiger charge is -2.13. The van der Waals surface area contributed by atoms with Gasteiger partial charge in [-0.3, -0.25) is 0 Å². The Morgan fingerprint density at radius 3 is 2.63 bits per heavy atom. The van der Waals surface area contributed by atoms with Gasteiger partial charge in [0.15, 0.2) is 0 Å². The molecular weight excluding hydrogens is 228 g/mol. The highest BCUT2D eigenvalue weighted by atomic mass is 14.2. The highest BCUT2D eigenvalue weighted by molar-refractivity contribution is 5.81. The molecule has 0 heteroatoms. The fraction of sp³-hybridized carbons (Fsp3) is 0.263. The lowest BCUT2D eigenvalue weighted by molar-refractivity contribution is 0.646. The smallest absolute Gasteiger partial charge is 0.000741 e. The lowest BCUT2D eigenvalue weighted by atomic mass is 9.91. The second-order valence-electron chi connectivity index (χ2n) is 5.80. The van der Waals surface area contributed by atoms with Crippen molar-refractivity contribution in [2.45, 2.75) is 26.7 Å². The van der Waals surface area contributed by atoms with Crippen LogP contribution in [0.4, 0.5) is 0 Å². The summed E-state index contributed by atoms with van der Waals surface area (Å²) in [6, 6.07) is 13.3. The molecule has 0 heterocycles. The third kappa shape index (κ3) is 2.02. The molecule has 0 N–H and O–H groups in total. The van der Waals surface area contributed by atoms with Gasteiger partial charge in [-0.15, -0.1) is 0 Å². The van der Waals surface area contributed by atoms with E-state index in [9.17, 15) is 0 Å². The molecule has 2 aromatic carbocycles. The zero-order chi connectivity index (χ0) is 13.4. The zero-order valence-corrected chi connectivity index (χ0v) is 11.7. The maximum absolute atomic E-state index is 4.04. The SMILES string of the molecule is C=Cc1c(CC(C)C)ccc2c1Cc1ccccc1-2. The molecule has 0 amide bonds. The van der Waals surface area contributed by atoms with E-state index in [2.05, 4.69) is 56.8 Å². The van der Waals surface area contributed by atoms with Crippen molar-refractivity contribution >= 4 is 6.08 Å². The minimum atomic E-state index is 0.681. The van der Waals surface area contributed by atoms with Crippen molar-refractivity contribution in [3.8, 4) is 11.1 Å². The molecule has 0 saturated heterocycles. The van der Waals surface area contributed by atoms with Crippen LogP contribution >= 0.6 is 0 Å². The molecule has 0 nitrogen and oxygen atoms in total. The average molecular weight is 248 g/mol. The quantitative estimate of drug-likeness (QED) is 0.605. The van der Waals surface area contributed by atoms with E-state index in [4.69, 9.17) is 0 Å². The first-order chi connectivity index (χ1) is 9.20. The van der Waals surface area contributed by atoms with Gasteiger partial charge >= 0.3 is 0 Å². The van der Waals surface area contributed by atoms with Crippen LogP contribution in [0.25, 0.3) is 17.2 Å². The van der Waals surface area contributed by atoms with E-state index >= 15 is 0 Å². The molecule has 1 aliphatic rings. The van der Waals surface area contributed by atoms with Gasteiger partial charge in [0.1, 0.15) is 0 Å². The van der Waals surface area contributed by atoms with Crippen LogP contribution in [0.1, 0.15) is 36.1 Å². The standard InChI is InChI=1S/C19H20/c1-4-16-15(11-13(2)3)9-10-18-17-8-6-5-7-14(17)12-19(16)18/h4-10,13H,1,11-12H2,2-3H3. The number of hydrogen-bond acceptors (Lipinski definition) is 0. The summed E-state index contributed by atoms with van der Waals surface area (Å²) in [7, 11) is 0. The Morgan fingerprint density at radius 1 is 1.11 bits per heavy atom. The molecule has 1 aliphatic carbocycles. The molecule has 0 atom stereocenters. The minimum Gasteiger partial charge on any atom is -0.0984 e. The molecule has 0 aliphatic heterocycles. The van der Waals surface area contributed by atoms with Crippen LogP contribution in [-0.2, 0) is 12.8 Å². The Bertz CT molecular complexity index is 632. The van der Waals surface area contributed by atoms with Gasteiger partial charge in [0.25, 0.3) is 0 Å². The summed E-state index contributed by atoms with van der Waals surface area (Å²) in [6.45, 7) is 8.58. The fourth-order valence-electron chi connectivity index (χ4n) is 3.16. The van der Waals surface area contributed by atoms with Gasteiger partial charge in [-0.1, -0.05) is 62.9 Å². The fourth-order valence-corrected chi connectivity index (χ4v) is 3.16. The second kappa shape index (κ2) is 4.70. The van der Waals surface area contributed by atoms with Gasteiger partial charge in [0.2, 0.25) is 0 Å². The van der Waals surface area contributed by atoms with Crippen LogP contribution < -0.4 is 0 Å². The summed E-state index contributed by atoms with van der Waals surface area (Å²) >= 11 is 0. The van der Waals surface area contributed by atoms with Gasteiger partial charge in [-0.05, 0) is 52.1 Å². The Kier molecular flexibility index (Phi) is 3.02. The molecule has 0 aromatic heterocycles. The van der Waals surface area contributed by atoms with E-state index in [1.54, 1.807) is 0 Å². The second-order valence-corrected chi connectivity index (χ2v) is 5.80. The number of benzene rings is 2. The largest absolute Gasteiger partial charge is 0.0984 e. The molecule has 3 rings (SSSR count). The highest BCUT2D eigenvalue weighted by Gasteiger charge is 2.21. The molecule has 0 bridgehead atoms. The molecule has 19 heavy (non-hydrogen) atoms. The van der Waals surface area contributed by atoms with Crippen LogP contribution in [-0.4, -0.2) is 0 Å². The number of hydrogen-bond donors (Lipinski definition) is 0. The van der Waals surface area contributed by atoms with Crippen LogP contribution in [0.5, 0.6) is 0 Å². The first-order valence-corrected chi connectivity index (χ1v) is 7.06. The highest BCUT2D eigenvalue weighted by Crippen LogP contribution is 2.39. The molecule has 0 saturated carbocycles. The van der Waals surface area contributed by atoms with Crippen molar-refractivity contribution in [1.29, 1.82) is 0 Å². The molecule has 96 valence electrons. The van der Waals surface area contributed by atoms with Crippen molar-refractivity contribution < 1.29 is 0 Å². The van der Waals surface area contributed by atoms with Gasteiger partial charge < -0.3 is 0 Å². The molecule has 0 spiro atoms. The van der Waals surface area contributed by atoms with Crippen molar-refractivity contribution in [3.63, 3.8) is 0 Å². The zero-order valence-electron chi connectivity index (χ0n) is 11.7. The summed E-state index contributed by atoms with van der Waals surface area (Å²) in [5.41, 5.74) is 8.52. The van der Waals surface area contributed by atoms with Gasteiger partial charge in [-0.2, -0.15) is 0 Å². The Labute approximate surface area is 115 Å². The summed E-state index contributed by atoms with van der Waals surface area (Å²) in [5.74, 6) is 0.681. The normalized spacial score (nSPS) is 12.4. The van der Waals surface area contributed by atoms with Crippen LogP contribution in [0.2, 0.25) is 0 Å². The van der Waals surface area contributed by atoms with E-state index < -0.39 is 0 Å². The average Bonchev–Trinajstić information content (AvgIpc) is 2.76. The first-order valence-electron chi connectivity index (χ1n) is 7.06. The van der Waals surface area contributed by atoms with Gasteiger partial charge in [-0.25, -0.2) is 0 Å². The monoisotopic (exact) mass is 248 g/mol. The minimum absolute atomic E-state index is 0.681. The lowest BCUT2D eigenvalue weighted by Crippen LogP contribution is -1.99. The van der Waals surface area contributed by atoms with E-state index in [0.29, 0.717) is 5.92 Å². The Morgan fingerprint density at radius 2 is 1.89 bits per heavy atom. The maximum atomic E-state index is 4.04. The third-order valence-corrected chi connectivity index (χ3v) is 3.95. The summed E-state index contributed by atoms with van der Waals surface area (Å²) < 4.78 is 0. The Balaban J connectivity index is 2.15. The molecule has 0 fully saturated rings.